The Labute approximate surface area is 185 Å². The summed E-state index contributed by atoms with van der Waals surface area (Å²) in [5.41, 5.74) is 4.39. The first-order chi connectivity index (χ1) is 14.6. The maximum Gasteiger partial charge on any atom is 0.229 e. The van der Waals surface area contributed by atoms with Crippen LogP contribution in [0.3, 0.4) is 0 Å². The van der Waals surface area contributed by atoms with Crippen LogP contribution in [0.4, 0.5) is 5.13 Å². The lowest BCUT2D eigenvalue weighted by Gasteiger charge is -2.20. The molecule has 30 heavy (non-hydrogen) atoms. The van der Waals surface area contributed by atoms with Crippen molar-refractivity contribution in [2.75, 3.05) is 10.7 Å². The van der Waals surface area contributed by atoms with Crippen molar-refractivity contribution in [3.05, 3.63) is 83.7 Å². The minimum Gasteiger partial charge on any atom is -0.284 e. The average molecular weight is 434 g/mol. The van der Waals surface area contributed by atoms with Crippen molar-refractivity contribution in [3.63, 3.8) is 0 Å². The van der Waals surface area contributed by atoms with Gasteiger partial charge in [-0.05, 0) is 60.9 Å². The number of thiazole rings is 1. The van der Waals surface area contributed by atoms with E-state index in [4.69, 9.17) is 4.98 Å². The topological polar surface area (TPSA) is 46.1 Å². The smallest absolute Gasteiger partial charge is 0.229 e. The number of nitrogens with zero attached hydrogens (tertiary/aromatic N) is 3. The average Bonchev–Trinajstić information content (AvgIpc) is 3.16. The van der Waals surface area contributed by atoms with Gasteiger partial charge >= 0.3 is 0 Å². The summed E-state index contributed by atoms with van der Waals surface area (Å²) in [6, 6.07) is 18.3. The molecule has 4 nitrogen and oxygen atoms in total. The molecule has 1 amide bonds. The molecule has 0 unspecified atom stereocenters. The van der Waals surface area contributed by atoms with E-state index in [1.165, 1.54) is 16.0 Å². The highest BCUT2D eigenvalue weighted by atomic mass is 32.2. The number of aromatic nitrogens is 2. The van der Waals surface area contributed by atoms with E-state index in [9.17, 15) is 4.79 Å². The van der Waals surface area contributed by atoms with Crippen LogP contribution in [0.1, 0.15) is 23.1 Å². The Balaban J connectivity index is 1.56. The molecule has 2 heterocycles. The summed E-state index contributed by atoms with van der Waals surface area (Å²) in [6.45, 7) is 4.67. The van der Waals surface area contributed by atoms with Crippen LogP contribution in [-0.2, 0) is 11.3 Å². The quantitative estimate of drug-likeness (QED) is 0.334. The molecule has 0 saturated carbocycles. The first-order valence-corrected chi connectivity index (χ1v) is 11.7. The fraction of sp³-hybridized carbons (Fsp3) is 0.208. The number of pyridine rings is 1. The van der Waals surface area contributed by atoms with Crippen LogP contribution in [0.15, 0.2) is 71.9 Å². The summed E-state index contributed by atoms with van der Waals surface area (Å²) in [4.78, 5) is 25.2. The molecule has 0 radical (unpaired) electrons. The summed E-state index contributed by atoms with van der Waals surface area (Å²) in [6.07, 6.45) is 4.00. The fourth-order valence-electron chi connectivity index (χ4n) is 3.13. The summed E-state index contributed by atoms with van der Waals surface area (Å²) >= 11 is 3.27. The molecule has 2 aromatic carbocycles. The normalized spacial score (nSPS) is 11.0. The summed E-state index contributed by atoms with van der Waals surface area (Å²) in [7, 11) is 0. The monoisotopic (exact) mass is 433 g/mol. The van der Waals surface area contributed by atoms with Crippen molar-refractivity contribution in [1.82, 2.24) is 9.97 Å². The second-order valence-corrected chi connectivity index (χ2v) is 9.33. The Morgan fingerprint density at radius 1 is 1.07 bits per heavy atom. The fourth-order valence-corrected chi connectivity index (χ4v) is 5.05. The molecule has 0 saturated heterocycles. The van der Waals surface area contributed by atoms with Crippen molar-refractivity contribution in [1.29, 1.82) is 0 Å². The van der Waals surface area contributed by atoms with Crippen molar-refractivity contribution in [2.45, 2.75) is 31.7 Å². The molecule has 6 heteroatoms. The Bertz CT molecular complexity index is 1100. The highest BCUT2D eigenvalue weighted by Crippen LogP contribution is 2.32. The van der Waals surface area contributed by atoms with Gasteiger partial charge in [0.15, 0.2) is 5.13 Å². The van der Waals surface area contributed by atoms with E-state index in [0.717, 1.165) is 26.7 Å². The van der Waals surface area contributed by atoms with Gasteiger partial charge in [0.1, 0.15) is 0 Å². The number of hydrogen-bond acceptors (Lipinski definition) is 5. The molecule has 0 aliphatic carbocycles. The van der Waals surface area contributed by atoms with Crippen LogP contribution in [-0.4, -0.2) is 21.6 Å². The number of fused-ring (bicyclic) bond motifs is 1. The van der Waals surface area contributed by atoms with Gasteiger partial charge in [-0.3, -0.25) is 14.7 Å². The third kappa shape index (κ3) is 4.89. The van der Waals surface area contributed by atoms with Gasteiger partial charge in [0.2, 0.25) is 5.91 Å². The molecular formula is C24H23N3OS2. The van der Waals surface area contributed by atoms with E-state index in [1.54, 1.807) is 40.4 Å². The van der Waals surface area contributed by atoms with E-state index >= 15 is 0 Å². The van der Waals surface area contributed by atoms with Crippen LogP contribution in [0.5, 0.6) is 0 Å². The number of thioether (sulfide) groups is 1. The molecule has 0 atom stereocenters. The number of carbonyl (C=O) groups excluding carboxylic acids is 1. The molecule has 0 fully saturated rings. The summed E-state index contributed by atoms with van der Waals surface area (Å²) in [5.74, 6) is 0.810. The second kappa shape index (κ2) is 9.41. The molecule has 0 spiro atoms. The second-order valence-electron chi connectivity index (χ2n) is 7.15. The van der Waals surface area contributed by atoms with E-state index in [2.05, 4.69) is 43.1 Å². The molecule has 0 N–H and O–H groups in total. The number of hydrogen-bond donors (Lipinski definition) is 0. The highest BCUT2D eigenvalue weighted by Gasteiger charge is 2.20. The molecule has 0 aliphatic heterocycles. The van der Waals surface area contributed by atoms with Gasteiger partial charge in [0.05, 0.1) is 16.8 Å². The van der Waals surface area contributed by atoms with E-state index in [-0.39, 0.29) is 5.91 Å². The zero-order chi connectivity index (χ0) is 20.9. The predicted octanol–water partition coefficient (Wildman–Crippen LogP) is 6.02. The standard InChI is InChI=1S/C24H23N3OS2/c1-17-13-21-22(14-18(17)2)30-24(26-21)27(16-19-7-6-11-25-15-19)23(28)10-12-29-20-8-4-3-5-9-20/h3-9,11,13-15H,10,12,16H2,1-2H3. The first kappa shape index (κ1) is 20.6. The summed E-state index contributed by atoms with van der Waals surface area (Å²) in [5, 5.41) is 0.744. The van der Waals surface area contributed by atoms with Gasteiger partial charge in [-0.1, -0.05) is 35.6 Å². The van der Waals surface area contributed by atoms with E-state index < -0.39 is 0 Å². The Morgan fingerprint density at radius 3 is 2.63 bits per heavy atom. The molecule has 2 aromatic heterocycles. The molecule has 4 rings (SSSR count). The number of benzene rings is 2. The van der Waals surface area contributed by atoms with Gasteiger partial charge in [-0.15, -0.1) is 11.8 Å². The summed E-state index contributed by atoms with van der Waals surface area (Å²) < 4.78 is 1.11. The maximum absolute atomic E-state index is 13.2. The largest absolute Gasteiger partial charge is 0.284 e. The van der Waals surface area contributed by atoms with Crippen molar-refractivity contribution < 1.29 is 4.79 Å². The number of rotatable bonds is 7. The van der Waals surface area contributed by atoms with E-state index in [1.807, 2.05) is 30.3 Å². The molecule has 4 aromatic rings. The van der Waals surface area contributed by atoms with Crippen LogP contribution >= 0.6 is 23.1 Å². The molecule has 0 aliphatic rings. The van der Waals surface area contributed by atoms with Gasteiger partial charge in [0.25, 0.3) is 0 Å². The van der Waals surface area contributed by atoms with Crippen molar-refractivity contribution in [3.8, 4) is 0 Å². The number of aryl methyl sites for hydroxylation is 2. The first-order valence-electron chi connectivity index (χ1n) is 9.85. The Kier molecular flexibility index (Phi) is 6.45. The lowest BCUT2D eigenvalue weighted by atomic mass is 10.1. The highest BCUT2D eigenvalue weighted by molar-refractivity contribution is 7.99. The van der Waals surface area contributed by atoms with Crippen LogP contribution in [0.2, 0.25) is 0 Å². The zero-order valence-electron chi connectivity index (χ0n) is 17.0. The van der Waals surface area contributed by atoms with Crippen LogP contribution in [0, 0.1) is 13.8 Å². The minimum atomic E-state index is 0.0785. The van der Waals surface area contributed by atoms with Gasteiger partial charge in [-0.25, -0.2) is 4.98 Å². The third-order valence-corrected chi connectivity index (χ3v) is 6.97. The minimum absolute atomic E-state index is 0.0785. The lowest BCUT2D eigenvalue weighted by molar-refractivity contribution is -0.118. The van der Waals surface area contributed by atoms with E-state index in [0.29, 0.717) is 13.0 Å². The Morgan fingerprint density at radius 2 is 1.87 bits per heavy atom. The lowest BCUT2D eigenvalue weighted by Crippen LogP contribution is -2.30. The van der Waals surface area contributed by atoms with Crippen LogP contribution in [0.25, 0.3) is 10.2 Å². The van der Waals surface area contributed by atoms with Crippen molar-refractivity contribution in [2.24, 2.45) is 0 Å². The molecule has 0 bridgehead atoms. The van der Waals surface area contributed by atoms with Gasteiger partial charge < -0.3 is 0 Å². The zero-order valence-corrected chi connectivity index (χ0v) is 18.7. The Hall–Kier alpha value is -2.70. The van der Waals surface area contributed by atoms with Gasteiger partial charge in [-0.2, -0.15) is 0 Å². The predicted molar refractivity (Wildman–Crippen MR) is 126 cm³/mol. The van der Waals surface area contributed by atoms with Crippen LogP contribution < -0.4 is 4.90 Å². The van der Waals surface area contributed by atoms with Gasteiger partial charge in [0, 0.05) is 29.5 Å². The number of amides is 1. The third-order valence-electron chi connectivity index (χ3n) is 4.92. The SMILES string of the molecule is Cc1cc2nc(N(Cc3cccnc3)C(=O)CCSc3ccccc3)sc2cc1C. The maximum atomic E-state index is 13.2. The molecular weight excluding hydrogens is 410 g/mol. The van der Waals surface area contributed by atoms with Crippen molar-refractivity contribution >= 4 is 44.4 Å². The number of anilines is 1. The number of carbonyl (C=O) groups is 1. The molecule has 152 valence electrons.